The van der Waals surface area contributed by atoms with E-state index in [0.717, 1.165) is 36.5 Å². The van der Waals surface area contributed by atoms with Crippen LogP contribution in [-0.4, -0.2) is 55.5 Å². The second-order valence-electron chi connectivity index (χ2n) is 5.08. The van der Waals surface area contributed by atoms with Gasteiger partial charge in [-0.1, -0.05) is 6.92 Å². The molecule has 20 heavy (non-hydrogen) atoms. The lowest BCUT2D eigenvalue weighted by atomic mass is 10.3. The number of aliphatic hydroxyl groups excluding tert-OH is 1. The summed E-state index contributed by atoms with van der Waals surface area (Å²) in [5, 5.41) is 9.20. The molecule has 2 heterocycles. The van der Waals surface area contributed by atoms with E-state index in [2.05, 4.69) is 11.8 Å². The summed E-state index contributed by atoms with van der Waals surface area (Å²) in [6.07, 6.45) is 1.09. The molecule has 2 rings (SSSR count). The maximum Gasteiger partial charge on any atom is 0.252 e. The Morgan fingerprint density at radius 2 is 1.95 bits per heavy atom. The number of rotatable bonds is 5. The van der Waals surface area contributed by atoms with Gasteiger partial charge in [0.2, 0.25) is 0 Å². The third kappa shape index (κ3) is 3.23. The normalized spacial score (nSPS) is 18.6. The van der Waals surface area contributed by atoms with Crippen molar-refractivity contribution in [1.82, 2.24) is 9.21 Å². The van der Waals surface area contributed by atoms with Gasteiger partial charge >= 0.3 is 0 Å². The van der Waals surface area contributed by atoms with Gasteiger partial charge in [-0.25, -0.2) is 8.42 Å². The molecule has 0 unspecified atom stereocenters. The average Bonchev–Trinajstić information content (AvgIpc) is 2.82. The van der Waals surface area contributed by atoms with Crippen molar-refractivity contribution in [3.63, 3.8) is 0 Å². The van der Waals surface area contributed by atoms with Crippen LogP contribution in [-0.2, 0) is 16.6 Å². The number of nitrogens with zero attached hydrogens (tertiary/aromatic N) is 2. The van der Waals surface area contributed by atoms with Gasteiger partial charge in [0.15, 0.2) is 0 Å². The molecule has 5 nitrogen and oxygen atoms in total. The van der Waals surface area contributed by atoms with Gasteiger partial charge in [0, 0.05) is 31.1 Å². The molecule has 1 saturated heterocycles. The topological polar surface area (TPSA) is 60.9 Å². The van der Waals surface area contributed by atoms with Gasteiger partial charge in [0.1, 0.15) is 4.21 Å². The van der Waals surface area contributed by atoms with E-state index in [0.29, 0.717) is 17.3 Å². The van der Waals surface area contributed by atoms with Crippen LogP contribution < -0.4 is 0 Å². The monoisotopic (exact) mass is 318 g/mol. The van der Waals surface area contributed by atoms with E-state index in [1.54, 1.807) is 10.4 Å². The summed E-state index contributed by atoms with van der Waals surface area (Å²) in [5.74, 6) is 0. The predicted molar refractivity (Wildman–Crippen MR) is 80.5 cm³/mol. The van der Waals surface area contributed by atoms with Crippen molar-refractivity contribution in [2.75, 3.05) is 32.7 Å². The predicted octanol–water partition coefficient (Wildman–Crippen LogP) is 1.27. The van der Waals surface area contributed by atoms with Crippen LogP contribution >= 0.6 is 11.3 Å². The Labute approximate surface area is 124 Å². The Morgan fingerprint density at radius 1 is 1.30 bits per heavy atom. The minimum absolute atomic E-state index is 0.101. The zero-order valence-electron chi connectivity index (χ0n) is 12.0. The van der Waals surface area contributed by atoms with Crippen LogP contribution in [0.3, 0.4) is 0 Å². The summed E-state index contributed by atoms with van der Waals surface area (Å²) in [7, 11) is -3.40. The van der Waals surface area contributed by atoms with Gasteiger partial charge in [-0.3, -0.25) is 0 Å². The summed E-state index contributed by atoms with van der Waals surface area (Å²) >= 11 is 1.18. The zero-order valence-corrected chi connectivity index (χ0v) is 13.6. The van der Waals surface area contributed by atoms with Crippen LogP contribution in [0.15, 0.2) is 10.3 Å². The molecular formula is C13H22N2O3S2. The summed E-state index contributed by atoms with van der Waals surface area (Å²) < 4.78 is 27.0. The molecule has 0 radical (unpaired) electrons. The van der Waals surface area contributed by atoms with Crippen LogP contribution in [0.5, 0.6) is 0 Å². The first-order chi connectivity index (χ1) is 9.48. The fraction of sp³-hybridized carbons (Fsp3) is 0.692. The SMILES string of the molecule is CCCN1CCN(S(=O)(=O)c2cc(C)c(CO)s2)CC1. The van der Waals surface area contributed by atoms with Crippen LogP contribution in [0.1, 0.15) is 23.8 Å². The van der Waals surface area contributed by atoms with Gasteiger partial charge in [-0.15, -0.1) is 11.3 Å². The lowest BCUT2D eigenvalue weighted by Gasteiger charge is -2.33. The van der Waals surface area contributed by atoms with E-state index in [9.17, 15) is 13.5 Å². The van der Waals surface area contributed by atoms with Gasteiger partial charge in [0.25, 0.3) is 10.0 Å². The van der Waals surface area contributed by atoms with Crippen LogP contribution in [0, 0.1) is 6.92 Å². The van der Waals surface area contributed by atoms with Crippen molar-refractivity contribution in [3.05, 3.63) is 16.5 Å². The fourth-order valence-electron chi connectivity index (χ4n) is 2.41. The fourth-order valence-corrected chi connectivity index (χ4v) is 5.44. The minimum atomic E-state index is -3.40. The molecule has 0 bridgehead atoms. The van der Waals surface area contributed by atoms with E-state index < -0.39 is 10.0 Å². The molecule has 0 aliphatic carbocycles. The first kappa shape index (κ1) is 15.9. The summed E-state index contributed by atoms with van der Waals surface area (Å²) in [6, 6.07) is 1.67. The Kier molecular flexibility index (Phi) is 5.19. The highest BCUT2D eigenvalue weighted by molar-refractivity contribution is 7.91. The molecule has 1 aromatic rings. The number of thiophene rings is 1. The summed E-state index contributed by atoms with van der Waals surface area (Å²) in [4.78, 5) is 3.03. The van der Waals surface area contributed by atoms with Gasteiger partial charge in [-0.05, 0) is 31.5 Å². The first-order valence-corrected chi connectivity index (χ1v) is 9.17. The van der Waals surface area contributed by atoms with E-state index in [1.807, 2.05) is 6.92 Å². The Bertz CT molecular complexity index is 546. The molecule has 0 saturated carbocycles. The van der Waals surface area contributed by atoms with Gasteiger partial charge < -0.3 is 10.0 Å². The molecule has 1 aliphatic heterocycles. The number of aryl methyl sites for hydroxylation is 1. The number of aliphatic hydroxyl groups is 1. The van der Waals surface area contributed by atoms with Crippen molar-refractivity contribution in [1.29, 1.82) is 0 Å². The van der Waals surface area contributed by atoms with Gasteiger partial charge in [0.05, 0.1) is 6.61 Å². The molecule has 1 aliphatic rings. The number of hydrogen-bond acceptors (Lipinski definition) is 5. The Balaban J connectivity index is 2.11. The summed E-state index contributed by atoms with van der Waals surface area (Å²) in [6.45, 7) is 7.58. The minimum Gasteiger partial charge on any atom is -0.391 e. The molecule has 7 heteroatoms. The number of hydrogen-bond donors (Lipinski definition) is 1. The van der Waals surface area contributed by atoms with Crippen LogP contribution in [0.4, 0.5) is 0 Å². The molecule has 0 amide bonds. The third-order valence-electron chi connectivity index (χ3n) is 3.61. The molecule has 1 fully saturated rings. The lowest BCUT2D eigenvalue weighted by Crippen LogP contribution is -2.48. The first-order valence-electron chi connectivity index (χ1n) is 6.91. The number of sulfonamides is 1. The molecule has 1 aromatic heterocycles. The second kappa shape index (κ2) is 6.53. The van der Waals surface area contributed by atoms with Gasteiger partial charge in [-0.2, -0.15) is 4.31 Å². The molecular weight excluding hydrogens is 296 g/mol. The highest BCUT2D eigenvalue weighted by Gasteiger charge is 2.29. The molecule has 114 valence electrons. The van der Waals surface area contributed by atoms with Crippen molar-refractivity contribution in [2.24, 2.45) is 0 Å². The average molecular weight is 318 g/mol. The van der Waals surface area contributed by atoms with Crippen LogP contribution in [0.2, 0.25) is 0 Å². The van der Waals surface area contributed by atoms with E-state index in [-0.39, 0.29) is 6.61 Å². The van der Waals surface area contributed by atoms with Crippen molar-refractivity contribution < 1.29 is 13.5 Å². The highest BCUT2D eigenvalue weighted by Crippen LogP contribution is 2.29. The summed E-state index contributed by atoms with van der Waals surface area (Å²) in [5.41, 5.74) is 0.848. The molecule has 1 N–H and O–H groups in total. The second-order valence-corrected chi connectivity index (χ2v) is 8.38. The van der Waals surface area contributed by atoms with E-state index in [1.165, 1.54) is 11.3 Å². The third-order valence-corrected chi connectivity index (χ3v) is 7.18. The molecule has 0 spiro atoms. The highest BCUT2D eigenvalue weighted by atomic mass is 32.2. The Hall–Kier alpha value is -0.470. The largest absolute Gasteiger partial charge is 0.391 e. The maximum absolute atomic E-state index is 12.6. The van der Waals surface area contributed by atoms with Crippen molar-refractivity contribution >= 4 is 21.4 Å². The quantitative estimate of drug-likeness (QED) is 0.888. The lowest BCUT2D eigenvalue weighted by molar-refractivity contribution is 0.189. The van der Waals surface area contributed by atoms with E-state index >= 15 is 0 Å². The maximum atomic E-state index is 12.6. The number of piperazine rings is 1. The van der Waals surface area contributed by atoms with Crippen LogP contribution in [0.25, 0.3) is 0 Å². The Morgan fingerprint density at radius 3 is 2.45 bits per heavy atom. The zero-order chi connectivity index (χ0) is 14.8. The van der Waals surface area contributed by atoms with Crippen molar-refractivity contribution in [2.45, 2.75) is 31.1 Å². The van der Waals surface area contributed by atoms with E-state index in [4.69, 9.17) is 0 Å². The molecule has 0 atom stereocenters. The standard InChI is InChI=1S/C13H22N2O3S2/c1-3-4-14-5-7-15(8-6-14)20(17,18)13-9-11(2)12(10-16)19-13/h9,16H,3-8,10H2,1-2H3. The van der Waals surface area contributed by atoms with Crippen molar-refractivity contribution in [3.8, 4) is 0 Å². The molecule has 0 aromatic carbocycles. The smallest absolute Gasteiger partial charge is 0.252 e.